The van der Waals surface area contributed by atoms with Crippen molar-refractivity contribution < 1.29 is 9.18 Å². The number of benzene rings is 2. The van der Waals surface area contributed by atoms with Crippen LogP contribution in [0.5, 0.6) is 0 Å². The number of para-hydroxylation sites is 1. The van der Waals surface area contributed by atoms with Gasteiger partial charge in [-0.1, -0.05) is 29.8 Å². The average Bonchev–Trinajstić information content (AvgIpc) is 3.27. The molecule has 9 heteroatoms. The number of fused-ring (bicyclic) bond motifs is 1. The van der Waals surface area contributed by atoms with Crippen LogP contribution in [0, 0.1) is 5.82 Å². The van der Waals surface area contributed by atoms with E-state index in [4.69, 9.17) is 11.6 Å². The van der Waals surface area contributed by atoms with Crippen molar-refractivity contribution in [2.75, 3.05) is 5.32 Å². The SMILES string of the molecule is O=C(Cn1c(=O)n(CCc2cccs2)c(=O)c2ccccc21)Nc1ccc(F)c(Cl)c1. The molecule has 2 heterocycles. The van der Waals surface area contributed by atoms with E-state index in [9.17, 15) is 18.8 Å². The topological polar surface area (TPSA) is 73.1 Å². The normalized spacial score (nSPS) is 11.0. The van der Waals surface area contributed by atoms with Gasteiger partial charge in [-0.3, -0.25) is 18.7 Å². The molecular weight excluding hydrogens is 441 g/mol. The second kappa shape index (κ2) is 8.87. The van der Waals surface area contributed by atoms with Crippen LogP contribution in [0.2, 0.25) is 5.02 Å². The van der Waals surface area contributed by atoms with Gasteiger partial charge in [-0.25, -0.2) is 9.18 Å². The Labute approximate surface area is 185 Å². The van der Waals surface area contributed by atoms with Crippen LogP contribution in [0.15, 0.2) is 69.6 Å². The van der Waals surface area contributed by atoms with E-state index < -0.39 is 17.4 Å². The molecule has 0 bridgehead atoms. The van der Waals surface area contributed by atoms with Crippen molar-refractivity contribution >= 4 is 45.4 Å². The van der Waals surface area contributed by atoms with E-state index in [2.05, 4.69) is 5.32 Å². The monoisotopic (exact) mass is 457 g/mol. The number of anilines is 1. The quantitative estimate of drug-likeness (QED) is 0.477. The zero-order valence-electron chi connectivity index (χ0n) is 16.2. The number of rotatable bonds is 6. The van der Waals surface area contributed by atoms with Gasteiger partial charge in [0, 0.05) is 17.1 Å². The van der Waals surface area contributed by atoms with Crippen LogP contribution in [0.1, 0.15) is 4.88 Å². The van der Waals surface area contributed by atoms with Crippen LogP contribution in [0.4, 0.5) is 10.1 Å². The molecule has 4 rings (SSSR count). The number of carbonyl (C=O) groups excluding carboxylic acids is 1. The smallest absolute Gasteiger partial charge is 0.324 e. The van der Waals surface area contributed by atoms with Crippen molar-refractivity contribution in [3.8, 4) is 0 Å². The maximum Gasteiger partial charge on any atom is 0.331 e. The summed E-state index contributed by atoms with van der Waals surface area (Å²) in [6, 6.07) is 14.3. The summed E-state index contributed by atoms with van der Waals surface area (Å²) in [6.45, 7) is -0.105. The Bertz CT molecular complexity index is 1380. The highest BCUT2D eigenvalue weighted by Gasteiger charge is 2.16. The van der Waals surface area contributed by atoms with Gasteiger partial charge in [0.15, 0.2) is 0 Å². The van der Waals surface area contributed by atoms with Gasteiger partial charge < -0.3 is 5.32 Å². The number of hydrogen-bond donors (Lipinski definition) is 1. The molecule has 0 radical (unpaired) electrons. The lowest BCUT2D eigenvalue weighted by atomic mass is 10.2. The van der Waals surface area contributed by atoms with Gasteiger partial charge in [0.2, 0.25) is 5.91 Å². The van der Waals surface area contributed by atoms with E-state index in [1.165, 1.54) is 16.7 Å². The Morgan fingerprint density at radius 1 is 1.06 bits per heavy atom. The molecule has 1 N–H and O–H groups in total. The molecule has 1 amide bonds. The molecule has 4 aromatic rings. The molecule has 0 atom stereocenters. The molecule has 0 unspecified atom stereocenters. The Hall–Kier alpha value is -3.23. The standard InChI is InChI=1S/C22H17ClFN3O3S/c23-17-12-14(7-8-18(17)24)25-20(28)13-27-19-6-2-1-5-16(19)21(29)26(22(27)30)10-9-15-4-3-11-31-15/h1-8,11-12H,9-10,13H2,(H,25,28). The molecule has 6 nitrogen and oxygen atoms in total. The van der Waals surface area contributed by atoms with Gasteiger partial charge in [0.1, 0.15) is 12.4 Å². The first-order valence-corrected chi connectivity index (χ1v) is 10.7. The molecule has 0 fully saturated rings. The zero-order valence-corrected chi connectivity index (χ0v) is 17.8. The maximum absolute atomic E-state index is 13.3. The van der Waals surface area contributed by atoms with Crippen LogP contribution in [0.3, 0.4) is 0 Å². The van der Waals surface area contributed by atoms with Gasteiger partial charge in [-0.2, -0.15) is 0 Å². The van der Waals surface area contributed by atoms with Crippen molar-refractivity contribution in [1.82, 2.24) is 9.13 Å². The maximum atomic E-state index is 13.3. The molecule has 0 saturated heterocycles. The second-order valence-corrected chi connectivity index (χ2v) is 8.29. The summed E-state index contributed by atoms with van der Waals surface area (Å²) in [6.07, 6.45) is 0.533. The number of thiophene rings is 1. The van der Waals surface area contributed by atoms with Crippen LogP contribution >= 0.6 is 22.9 Å². The van der Waals surface area contributed by atoms with Gasteiger partial charge in [0.25, 0.3) is 5.56 Å². The highest BCUT2D eigenvalue weighted by atomic mass is 35.5. The number of aromatic nitrogens is 2. The molecule has 2 aromatic carbocycles. The van der Waals surface area contributed by atoms with Crippen molar-refractivity contribution in [2.24, 2.45) is 0 Å². The third-order valence-electron chi connectivity index (χ3n) is 4.80. The number of carbonyl (C=O) groups is 1. The van der Waals surface area contributed by atoms with E-state index in [1.807, 2.05) is 17.5 Å². The van der Waals surface area contributed by atoms with Crippen molar-refractivity contribution in [2.45, 2.75) is 19.5 Å². The van der Waals surface area contributed by atoms with Crippen molar-refractivity contribution in [1.29, 1.82) is 0 Å². The molecule has 0 aliphatic carbocycles. The summed E-state index contributed by atoms with van der Waals surface area (Å²) in [7, 11) is 0. The van der Waals surface area contributed by atoms with Gasteiger partial charge >= 0.3 is 5.69 Å². The number of halogens is 2. The minimum atomic E-state index is -0.598. The molecule has 0 spiro atoms. The fourth-order valence-corrected chi connectivity index (χ4v) is 4.19. The lowest BCUT2D eigenvalue weighted by Gasteiger charge is -2.14. The number of nitrogens with zero attached hydrogens (tertiary/aromatic N) is 2. The van der Waals surface area contributed by atoms with Crippen molar-refractivity contribution in [3.63, 3.8) is 0 Å². The van der Waals surface area contributed by atoms with Crippen LogP contribution in [0.25, 0.3) is 10.9 Å². The first-order valence-electron chi connectivity index (χ1n) is 9.43. The van der Waals surface area contributed by atoms with Gasteiger partial charge in [-0.05, 0) is 48.2 Å². The van der Waals surface area contributed by atoms with E-state index >= 15 is 0 Å². The highest BCUT2D eigenvalue weighted by Crippen LogP contribution is 2.19. The Morgan fingerprint density at radius 3 is 2.61 bits per heavy atom. The number of amides is 1. The van der Waals surface area contributed by atoms with E-state index in [0.29, 0.717) is 23.0 Å². The van der Waals surface area contributed by atoms with Crippen LogP contribution in [-0.2, 0) is 24.3 Å². The number of aryl methyl sites for hydroxylation is 1. The fraction of sp³-hybridized carbons (Fsp3) is 0.136. The summed E-state index contributed by atoms with van der Waals surface area (Å²) < 4.78 is 15.8. The minimum Gasteiger partial charge on any atom is -0.324 e. The molecule has 0 aliphatic heterocycles. The summed E-state index contributed by atoms with van der Waals surface area (Å²) in [5, 5.41) is 4.77. The predicted octanol–water partition coefficient (Wildman–Crippen LogP) is 3.90. The molecule has 0 aliphatic rings. The van der Waals surface area contributed by atoms with Crippen molar-refractivity contribution in [3.05, 3.63) is 96.5 Å². The molecule has 31 heavy (non-hydrogen) atoms. The molecule has 0 saturated carbocycles. The molecular formula is C22H17ClFN3O3S. The van der Waals surface area contributed by atoms with Gasteiger partial charge in [-0.15, -0.1) is 11.3 Å². The highest BCUT2D eigenvalue weighted by molar-refractivity contribution is 7.09. The van der Waals surface area contributed by atoms with E-state index in [1.54, 1.807) is 35.6 Å². The van der Waals surface area contributed by atoms with E-state index in [-0.39, 0.29) is 23.7 Å². The molecule has 2 aromatic heterocycles. The third kappa shape index (κ3) is 4.45. The Morgan fingerprint density at radius 2 is 1.87 bits per heavy atom. The third-order valence-corrected chi connectivity index (χ3v) is 6.03. The predicted molar refractivity (Wildman–Crippen MR) is 121 cm³/mol. The zero-order chi connectivity index (χ0) is 22.0. The van der Waals surface area contributed by atoms with Crippen LogP contribution in [-0.4, -0.2) is 15.0 Å². The summed E-state index contributed by atoms with van der Waals surface area (Å²) in [5.74, 6) is -1.10. The first-order chi connectivity index (χ1) is 14.9. The number of hydrogen-bond acceptors (Lipinski definition) is 4. The largest absolute Gasteiger partial charge is 0.331 e. The Kier molecular flexibility index (Phi) is 6.01. The lowest BCUT2D eigenvalue weighted by molar-refractivity contribution is -0.116. The first kappa shape index (κ1) is 21.0. The Balaban J connectivity index is 1.68. The van der Waals surface area contributed by atoms with Gasteiger partial charge in [0.05, 0.1) is 15.9 Å². The summed E-state index contributed by atoms with van der Waals surface area (Å²) >= 11 is 7.31. The minimum absolute atomic E-state index is 0.123. The number of nitrogens with one attached hydrogen (secondary N) is 1. The fourth-order valence-electron chi connectivity index (χ4n) is 3.32. The average molecular weight is 458 g/mol. The molecule has 158 valence electrons. The second-order valence-electron chi connectivity index (χ2n) is 6.85. The van der Waals surface area contributed by atoms with Crippen LogP contribution < -0.4 is 16.6 Å². The summed E-state index contributed by atoms with van der Waals surface area (Å²) in [5.41, 5.74) is -0.274. The van der Waals surface area contributed by atoms with E-state index in [0.717, 1.165) is 15.5 Å². The summed E-state index contributed by atoms with van der Waals surface area (Å²) in [4.78, 5) is 39.7. The lowest BCUT2D eigenvalue weighted by Crippen LogP contribution is -2.42.